The van der Waals surface area contributed by atoms with E-state index in [1.807, 2.05) is 38.7 Å². The van der Waals surface area contributed by atoms with Crippen LogP contribution in [0.1, 0.15) is 54.4 Å². The Labute approximate surface area is 151 Å². The fraction of sp³-hybridized carbons (Fsp3) is 0.684. The monoisotopic (exact) mass is 352 g/mol. The summed E-state index contributed by atoms with van der Waals surface area (Å²) in [5, 5.41) is 0. The van der Waals surface area contributed by atoms with Gasteiger partial charge in [0.15, 0.2) is 0 Å². The summed E-state index contributed by atoms with van der Waals surface area (Å²) in [6.45, 7) is 16.5. The van der Waals surface area contributed by atoms with Gasteiger partial charge in [0.1, 0.15) is 11.3 Å². The fourth-order valence-corrected chi connectivity index (χ4v) is 2.71. The fourth-order valence-electron chi connectivity index (χ4n) is 2.71. The Morgan fingerprint density at radius 2 is 1.96 bits per heavy atom. The van der Waals surface area contributed by atoms with Crippen molar-refractivity contribution in [3.63, 3.8) is 0 Å². The van der Waals surface area contributed by atoms with Gasteiger partial charge in [-0.3, -0.25) is 0 Å². The molecule has 1 rings (SSSR count). The van der Waals surface area contributed by atoms with Crippen molar-refractivity contribution in [2.45, 2.75) is 66.0 Å². The maximum atomic E-state index is 12.4. The van der Waals surface area contributed by atoms with Crippen LogP contribution in [0.2, 0.25) is 0 Å². The third-order valence-corrected chi connectivity index (χ3v) is 3.66. The number of esters is 1. The van der Waals surface area contributed by atoms with Crippen LogP contribution in [0.4, 0.5) is 4.79 Å². The highest BCUT2D eigenvalue weighted by Gasteiger charge is 2.35. The van der Waals surface area contributed by atoms with Gasteiger partial charge in [-0.15, -0.1) is 0 Å². The number of hydrogen-bond donors (Lipinski definition) is 0. The molecule has 1 aliphatic rings. The summed E-state index contributed by atoms with van der Waals surface area (Å²) in [7, 11) is 0. The number of allylic oxidation sites excluding steroid dienone is 1. The van der Waals surface area contributed by atoms with E-state index < -0.39 is 5.60 Å². The molecule has 1 saturated heterocycles. The lowest BCUT2D eigenvalue weighted by Gasteiger charge is -2.43. The molecule has 6 nitrogen and oxygen atoms in total. The summed E-state index contributed by atoms with van der Waals surface area (Å²) in [6.07, 6.45) is 3.24. The first-order valence-electron chi connectivity index (χ1n) is 8.92. The number of unbranched alkanes of at least 4 members (excludes halogenated alkanes) is 1. The van der Waals surface area contributed by atoms with E-state index >= 15 is 0 Å². The van der Waals surface area contributed by atoms with Gasteiger partial charge in [0.05, 0.1) is 13.2 Å². The highest BCUT2D eigenvalue weighted by Crippen LogP contribution is 2.25. The van der Waals surface area contributed by atoms with E-state index in [1.54, 1.807) is 11.8 Å². The first-order valence-corrected chi connectivity index (χ1v) is 8.92. The summed E-state index contributed by atoms with van der Waals surface area (Å²) in [6, 6.07) is -0.0960. The maximum absolute atomic E-state index is 12.4. The second-order valence-electron chi connectivity index (χ2n) is 7.24. The molecule has 1 fully saturated rings. The Morgan fingerprint density at radius 1 is 1.32 bits per heavy atom. The molecule has 0 aromatic carbocycles. The van der Waals surface area contributed by atoms with E-state index in [1.165, 1.54) is 0 Å². The zero-order valence-corrected chi connectivity index (χ0v) is 16.4. The topological polar surface area (TPSA) is 59.1 Å². The molecule has 142 valence electrons. The van der Waals surface area contributed by atoms with Crippen molar-refractivity contribution in [1.82, 2.24) is 9.80 Å². The van der Waals surface area contributed by atoms with E-state index in [0.717, 1.165) is 12.8 Å². The number of rotatable bonds is 5. The molecule has 0 bridgehead atoms. The average molecular weight is 352 g/mol. The molecular formula is C19H32N2O4. The minimum Gasteiger partial charge on any atom is -0.461 e. The third-order valence-electron chi connectivity index (χ3n) is 3.66. The van der Waals surface area contributed by atoms with Gasteiger partial charge in [0, 0.05) is 18.3 Å². The van der Waals surface area contributed by atoms with Gasteiger partial charge in [0.25, 0.3) is 0 Å². The molecule has 0 saturated carbocycles. The number of carbonyl (C=O) groups is 2. The van der Waals surface area contributed by atoms with Gasteiger partial charge in [-0.2, -0.15) is 0 Å². The Balaban J connectivity index is 2.95. The molecule has 1 unspecified atom stereocenters. The molecule has 0 aromatic heterocycles. The smallest absolute Gasteiger partial charge is 0.410 e. The van der Waals surface area contributed by atoms with Crippen LogP contribution in [0.5, 0.6) is 0 Å². The maximum Gasteiger partial charge on any atom is 0.410 e. The van der Waals surface area contributed by atoms with E-state index in [0.29, 0.717) is 31.1 Å². The Kier molecular flexibility index (Phi) is 7.52. The molecule has 0 spiro atoms. The van der Waals surface area contributed by atoms with Crippen LogP contribution in [0.15, 0.2) is 24.0 Å². The number of ether oxygens (including phenoxy) is 2. The van der Waals surface area contributed by atoms with Gasteiger partial charge >= 0.3 is 12.1 Å². The molecule has 0 N–H and O–H groups in total. The normalized spacial score (nSPS) is 19.0. The summed E-state index contributed by atoms with van der Waals surface area (Å²) in [4.78, 5) is 28.2. The molecule has 1 heterocycles. The first kappa shape index (κ1) is 21.1. The van der Waals surface area contributed by atoms with Crippen LogP contribution >= 0.6 is 0 Å². The number of amides is 1. The lowest BCUT2D eigenvalue weighted by Crippen LogP contribution is -2.53. The molecule has 1 amide bonds. The van der Waals surface area contributed by atoms with Gasteiger partial charge in [0.2, 0.25) is 0 Å². The van der Waals surface area contributed by atoms with Crippen LogP contribution in [0.25, 0.3) is 0 Å². The van der Waals surface area contributed by atoms with Crippen LogP contribution in [-0.2, 0) is 14.3 Å². The summed E-state index contributed by atoms with van der Waals surface area (Å²) in [5.74, 6) is -0.352. The zero-order chi connectivity index (χ0) is 19.2. The lowest BCUT2D eigenvalue weighted by atomic mass is 10.1. The molecule has 1 atom stereocenters. The van der Waals surface area contributed by atoms with Gasteiger partial charge in [-0.1, -0.05) is 26.0 Å². The van der Waals surface area contributed by atoms with E-state index in [9.17, 15) is 9.59 Å². The van der Waals surface area contributed by atoms with Crippen molar-refractivity contribution in [3.05, 3.63) is 24.0 Å². The summed E-state index contributed by atoms with van der Waals surface area (Å²) in [5.41, 5.74) is 0.640. The predicted molar refractivity (Wildman–Crippen MR) is 97.9 cm³/mol. The first-order chi connectivity index (χ1) is 11.6. The van der Waals surface area contributed by atoms with Crippen LogP contribution < -0.4 is 0 Å². The third kappa shape index (κ3) is 6.11. The Bertz CT molecular complexity index is 534. The van der Waals surface area contributed by atoms with Crippen LogP contribution in [-0.4, -0.2) is 53.2 Å². The van der Waals surface area contributed by atoms with Crippen molar-refractivity contribution in [2.75, 3.05) is 19.7 Å². The quantitative estimate of drug-likeness (QED) is 0.558. The van der Waals surface area contributed by atoms with Crippen molar-refractivity contribution in [2.24, 2.45) is 0 Å². The van der Waals surface area contributed by atoms with E-state index in [-0.39, 0.29) is 18.1 Å². The van der Waals surface area contributed by atoms with E-state index in [4.69, 9.17) is 9.47 Å². The second-order valence-corrected chi connectivity index (χ2v) is 7.24. The Morgan fingerprint density at radius 3 is 2.44 bits per heavy atom. The number of piperazine rings is 1. The van der Waals surface area contributed by atoms with Crippen molar-refractivity contribution < 1.29 is 19.1 Å². The van der Waals surface area contributed by atoms with Crippen molar-refractivity contribution in [3.8, 4) is 0 Å². The van der Waals surface area contributed by atoms with Gasteiger partial charge in [-0.05, 0) is 41.0 Å². The Hall–Kier alpha value is -1.98. The standard InChI is InChI=1S/C19H32N2O4/c1-8-10-11-16(17(22)24-9-2)21-14(3)12-20(13-15(21)4)18(23)25-19(5,6)7/h11,15H,3,8-10,12-13H2,1-2,4-7H3/b16-11-. The average Bonchev–Trinajstić information content (AvgIpc) is 2.48. The van der Waals surface area contributed by atoms with Gasteiger partial charge in [-0.25, -0.2) is 9.59 Å². The molecule has 0 aliphatic carbocycles. The number of nitrogens with zero attached hydrogens (tertiary/aromatic N) is 2. The van der Waals surface area contributed by atoms with Crippen molar-refractivity contribution in [1.29, 1.82) is 0 Å². The number of hydrogen-bond acceptors (Lipinski definition) is 5. The highest BCUT2D eigenvalue weighted by atomic mass is 16.6. The minimum atomic E-state index is -0.546. The summed E-state index contributed by atoms with van der Waals surface area (Å²) < 4.78 is 10.6. The lowest BCUT2D eigenvalue weighted by molar-refractivity contribution is -0.140. The molecule has 0 radical (unpaired) electrons. The molecular weight excluding hydrogens is 320 g/mol. The zero-order valence-electron chi connectivity index (χ0n) is 16.4. The van der Waals surface area contributed by atoms with E-state index in [2.05, 4.69) is 13.5 Å². The number of carbonyl (C=O) groups excluding carboxylic acids is 2. The largest absolute Gasteiger partial charge is 0.461 e. The second kappa shape index (κ2) is 8.92. The SMILES string of the molecule is C=C1CN(C(=O)OC(C)(C)C)CC(C)N1/C(=C\CCC)C(=O)OCC. The molecule has 25 heavy (non-hydrogen) atoms. The van der Waals surface area contributed by atoms with Gasteiger partial charge < -0.3 is 19.3 Å². The molecule has 6 heteroatoms. The molecule has 1 aliphatic heterocycles. The summed E-state index contributed by atoms with van der Waals surface area (Å²) >= 11 is 0. The molecule has 0 aromatic rings. The predicted octanol–water partition coefficient (Wildman–Crippen LogP) is 3.69. The van der Waals surface area contributed by atoms with Crippen molar-refractivity contribution >= 4 is 12.1 Å². The highest BCUT2D eigenvalue weighted by molar-refractivity contribution is 5.88. The minimum absolute atomic E-state index is 0.0960. The van der Waals surface area contributed by atoms with Crippen LogP contribution in [0, 0.1) is 0 Å². The van der Waals surface area contributed by atoms with Crippen LogP contribution in [0.3, 0.4) is 0 Å².